The maximum atomic E-state index is 12.1. The van der Waals surface area contributed by atoms with Crippen LogP contribution in [0.5, 0.6) is 11.6 Å². The molecule has 0 saturated heterocycles. The van der Waals surface area contributed by atoms with Crippen LogP contribution in [0.4, 0.5) is 0 Å². The number of nitrogens with zero attached hydrogens (tertiary/aromatic N) is 4. The van der Waals surface area contributed by atoms with Crippen molar-refractivity contribution in [1.29, 1.82) is 5.26 Å². The molecule has 0 amide bonds. The van der Waals surface area contributed by atoms with Gasteiger partial charge in [-0.3, -0.25) is 14.6 Å². The van der Waals surface area contributed by atoms with Crippen LogP contribution < -0.4 is 21.5 Å². The fraction of sp³-hybridized carbons (Fsp3) is 0.300. The molecule has 2 heterocycles. The molecule has 11 heteroatoms. The molecule has 10 nitrogen and oxygen atoms in total. The molecule has 2 N–H and O–H groups in total. The van der Waals surface area contributed by atoms with Crippen LogP contribution in [-0.2, 0) is 6.42 Å². The fourth-order valence-corrected chi connectivity index (χ4v) is 3.88. The van der Waals surface area contributed by atoms with Gasteiger partial charge in [0.1, 0.15) is 11.8 Å². The Morgan fingerprint density at radius 2 is 1.97 bits per heavy atom. The number of H-pyrrole nitrogens is 2. The predicted octanol–water partition coefficient (Wildman–Crippen LogP) is 2.05. The third kappa shape index (κ3) is 4.41. The SMILES string of the molecule is N#Cc1nn(-c2ccc(Oc3cc(CC4CCCC4)c(=O)[nH]n3)cc2Cl)c(=O)[nH]c1=O. The number of aromatic amines is 2. The lowest BCUT2D eigenvalue weighted by molar-refractivity contribution is 0.450. The highest BCUT2D eigenvalue weighted by atomic mass is 35.5. The van der Waals surface area contributed by atoms with Crippen molar-refractivity contribution >= 4 is 11.6 Å². The van der Waals surface area contributed by atoms with E-state index >= 15 is 0 Å². The lowest BCUT2D eigenvalue weighted by atomic mass is 9.99. The molecule has 31 heavy (non-hydrogen) atoms. The van der Waals surface area contributed by atoms with E-state index in [4.69, 9.17) is 21.6 Å². The van der Waals surface area contributed by atoms with Gasteiger partial charge in [-0.2, -0.15) is 9.94 Å². The monoisotopic (exact) mass is 440 g/mol. The quantitative estimate of drug-likeness (QED) is 0.617. The second-order valence-electron chi connectivity index (χ2n) is 7.26. The zero-order valence-electron chi connectivity index (χ0n) is 16.2. The Kier molecular flexibility index (Phi) is 5.68. The minimum absolute atomic E-state index is 0.0960. The molecule has 1 saturated carbocycles. The zero-order valence-corrected chi connectivity index (χ0v) is 17.0. The number of halogens is 1. The van der Waals surface area contributed by atoms with Gasteiger partial charge in [-0.15, -0.1) is 10.2 Å². The number of nitrogens with one attached hydrogen (secondary N) is 2. The van der Waals surface area contributed by atoms with E-state index in [-0.39, 0.29) is 22.1 Å². The second kappa shape index (κ2) is 8.57. The molecule has 3 aromatic rings. The molecule has 1 fully saturated rings. The fourth-order valence-electron chi connectivity index (χ4n) is 3.63. The van der Waals surface area contributed by atoms with E-state index in [1.165, 1.54) is 31.0 Å². The first-order valence-corrected chi connectivity index (χ1v) is 10.0. The van der Waals surface area contributed by atoms with Gasteiger partial charge in [0.25, 0.3) is 11.1 Å². The topological polar surface area (TPSA) is 147 Å². The summed E-state index contributed by atoms with van der Waals surface area (Å²) in [5.41, 5.74) is -1.64. The van der Waals surface area contributed by atoms with Gasteiger partial charge < -0.3 is 4.74 Å². The van der Waals surface area contributed by atoms with E-state index in [0.717, 1.165) is 17.5 Å². The van der Waals surface area contributed by atoms with Gasteiger partial charge in [0, 0.05) is 17.7 Å². The van der Waals surface area contributed by atoms with Gasteiger partial charge in [-0.05, 0) is 24.5 Å². The molecule has 1 aliphatic rings. The van der Waals surface area contributed by atoms with Crippen LogP contribution in [0.3, 0.4) is 0 Å². The summed E-state index contributed by atoms with van der Waals surface area (Å²) in [6, 6.07) is 7.64. The van der Waals surface area contributed by atoms with E-state index in [1.807, 2.05) is 4.98 Å². The molecule has 0 radical (unpaired) electrons. The molecule has 0 atom stereocenters. The van der Waals surface area contributed by atoms with Crippen LogP contribution in [0.1, 0.15) is 36.9 Å². The maximum absolute atomic E-state index is 12.1. The summed E-state index contributed by atoms with van der Waals surface area (Å²) in [4.78, 5) is 37.7. The molecule has 158 valence electrons. The summed E-state index contributed by atoms with van der Waals surface area (Å²) in [5, 5.41) is 19.2. The number of hydrogen-bond acceptors (Lipinski definition) is 7. The molecular formula is C20H17ClN6O4. The van der Waals surface area contributed by atoms with Crippen molar-refractivity contribution in [3.8, 4) is 23.4 Å². The Morgan fingerprint density at radius 1 is 1.19 bits per heavy atom. The van der Waals surface area contributed by atoms with Crippen LogP contribution in [0.25, 0.3) is 5.69 Å². The van der Waals surface area contributed by atoms with E-state index in [2.05, 4.69) is 15.3 Å². The number of benzene rings is 1. The molecule has 0 bridgehead atoms. The highest BCUT2D eigenvalue weighted by Gasteiger charge is 2.18. The van der Waals surface area contributed by atoms with Gasteiger partial charge in [0.2, 0.25) is 11.6 Å². The Bertz CT molecular complexity index is 1350. The third-order valence-corrected chi connectivity index (χ3v) is 5.45. The number of hydrogen-bond donors (Lipinski definition) is 2. The van der Waals surface area contributed by atoms with Crippen LogP contribution >= 0.6 is 11.6 Å². The van der Waals surface area contributed by atoms with E-state index in [1.54, 1.807) is 12.1 Å². The number of ether oxygens (including phenoxy) is 1. The smallest absolute Gasteiger partial charge is 0.349 e. The summed E-state index contributed by atoms with van der Waals surface area (Å²) in [7, 11) is 0. The van der Waals surface area contributed by atoms with Crippen molar-refractivity contribution < 1.29 is 4.74 Å². The van der Waals surface area contributed by atoms with Crippen LogP contribution in [0.15, 0.2) is 38.6 Å². The molecule has 4 rings (SSSR count). The third-order valence-electron chi connectivity index (χ3n) is 5.14. The molecular weight excluding hydrogens is 424 g/mol. The second-order valence-corrected chi connectivity index (χ2v) is 7.67. The van der Waals surface area contributed by atoms with E-state index in [9.17, 15) is 14.4 Å². The lowest BCUT2D eigenvalue weighted by Gasteiger charge is -2.11. The minimum Gasteiger partial charge on any atom is -0.438 e. The number of nitriles is 1. The Labute approximate surface area is 180 Å². The van der Waals surface area contributed by atoms with Crippen molar-refractivity contribution in [3.05, 3.63) is 71.7 Å². The van der Waals surface area contributed by atoms with Crippen LogP contribution in [0.2, 0.25) is 5.02 Å². The van der Waals surface area contributed by atoms with E-state index in [0.29, 0.717) is 23.7 Å². The normalized spacial score (nSPS) is 13.8. The van der Waals surface area contributed by atoms with Crippen molar-refractivity contribution in [2.45, 2.75) is 32.1 Å². The summed E-state index contributed by atoms with van der Waals surface area (Å²) < 4.78 is 6.54. The van der Waals surface area contributed by atoms with Gasteiger partial charge >= 0.3 is 5.69 Å². The predicted molar refractivity (Wildman–Crippen MR) is 111 cm³/mol. The molecule has 0 aliphatic heterocycles. The minimum atomic E-state index is -0.877. The molecule has 1 aliphatic carbocycles. The molecule has 0 spiro atoms. The maximum Gasteiger partial charge on any atom is 0.349 e. The Hall–Kier alpha value is -3.71. The van der Waals surface area contributed by atoms with Crippen LogP contribution in [0, 0.1) is 17.2 Å². The first kappa shape index (κ1) is 20.6. The van der Waals surface area contributed by atoms with Gasteiger partial charge in [-0.1, -0.05) is 37.3 Å². The van der Waals surface area contributed by atoms with Crippen molar-refractivity contribution in [2.24, 2.45) is 5.92 Å². The van der Waals surface area contributed by atoms with Crippen LogP contribution in [-0.4, -0.2) is 25.0 Å². The summed E-state index contributed by atoms with van der Waals surface area (Å²) >= 11 is 6.27. The average Bonchev–Trinajstić information content (AvgIpc) is 3.24. The lowest BCUT2D eigenvalue weighted by Crippen LogP contribution is -2.33. The van der Waals surface area contributed by atoms with E-state index < -0.39 is 16.9 Å². The van der Waals surface area contributed by atoms with Crippen molar-refractivity contribution in [2.75, 3.05) is 0 Å². The Morgan fingerprint density at radius 3 is 2.68 bits per heavy atom. The van der Waals surface area contributed by atoms with Gasteiger partial charge in [-0.25, -0.2) is 9.89 Å². The summed E-state index contributed by atoms with van der Waals surface area (Å²) in [6.07, 6.45) is 5.27. The molecule has 2 aromatic heterocycles. The molecule has 0 unspecified atom stereocenters. The average molecular weight is 441 g/mol. The summed E-state index contributed by atoms with van der Waals surface area (Å²) in [5.74, 6) is 1.02. The first-order valence-electron chi connectivity index (χ1n) is 9.64. The Balaban J connectivity index is 1.60. The number of aromatic nitrogens is 5. The highest BCUT2D eigenvalue weighted by molar-refractivity contribution is 6.32. The van der Waals surface area contributed by atoms with Gasteiger partial charge in [0.05, 0.1) is 10.7 Å². The van der Waals surface area contributed by atoms with Crippen molar-refractivity contribution in [1.82, 2.24) is 25.0 Å². The molecule has 1 aromatic carbocycles. The summed E-state index contributed by atoms with van der Waals surface area (Å²) in [6.45, 7) is 0. The number of rotatable bonds is 5. The zero-order chi connectivity index (χ0) is 22.0. The van der Waals surface area contributed by atoms with Gasteiger partial charge in [0.15, 0.2) is 0 Å². The standard InChI is InChI=1S/C20H17ClN6O4/c21-14-9-13(5-6-16(14)27-20(30)23-19(29)15(10-22)26-27)31-17-8-12(18(28)25-24-17)7-11-3-1-2-4-11/h5-6,8-9,11H,1-4,7H2,(H,25,28)(H,23,29,30). The van der Waals surface area contributed by atoms with Crippen molar-refractivity contribution in [3.63, 3.8) is 0 Å². The first-order chi connectivity index (χ1) is 14.9. The largest absolute Gasteiger partial charge is 0.438 e. The highest BCUT2D eigenvalue weighted by Crippen LogP contribution is 2.29.